The van der Waals surface area contributed by atoms with Gasteiger partial charge in [0.25, 0.3) is 5.69 Å². The molecule has 0 N–H and O–H groups in total. The molecule has 0 amide bonds. The number of hydrogen-bond acceptors (Lipinski definition) is 6. The smallest absolute Gasteiger partial charge is 0.368 e. The van der Waals surface area contributed by atoms with Crippen molar-refractivity contribution in [1.82, 2.24) is 0 Å². The normalized spacial score (nSPS) is 15.8. The molecule has 0 saturated heterocycles. The summed E-state index contributed by atoms with van der Waals surface area (Å²) in [7, 11) is 0. The van der Waals surface area contributed by atoms with Crippen molar-refractivity contribution in [1.29, 1.82) is 0 Å². The van der Waals surface area contributed by atoms with Crippen molar-refractivity contribution in [2.75, 3.05) is 0 Å². The molecule has 1 aromatic carbocycles. The number of nitro groups is 1. The van der Waals surface area contributed by atoms with E-state index in [9.17, 15) is 14.9 Å². The maximum atomic E-state index is 11.8. The first kappa shape index (κ1) is 13.7. The van der Waals surface area contributed by atoms with E-state index >= 15 is 0 Å². The van der Waals surface area contributed by atoms with Crippen LogP contribution in [0.1, 0.15) is 16.9 Å². The molecule has 7 nitrogen and oxygen atoms in total. The van der Waals surface area contributed by atoms with Gasteiger partial charge in [-0.05, 0) is 25.1 Å². The Balaban J connectivity index is 2.06. The van der Waals surface area contributed by atoms with Gasteiger partial charge in [-0.3, -0.25) is 10.1 Å². The molecule has 22 heavy (non-hydrogen) atoms. The molecule has 0 atom stereocenters. The standard InChI is InChI=1S/C15H10N2O5/c1-9-4-5-10(7-13(9)17(19)20)14-12(15(18)22-16-14)8-11-3-2-6-21-11/h2-8H,1H3/b12-8-. The molecule has 0 radical (unpaired) electrons. The topological polar surface area (TPSA) is 94.9 Å². The Morgan fingerprint density at radius 3 is 2.82 bits per heavy atom. The molecule has 1 aliphatic rings. The highest BCUT2D eigenvalue weighted by molar-refractivity contribution is 6.31. The quantitative estimate of drug-likeness (QED) is 0.376. The molecule has 1 aliphatic heterocycles. The van der Waals surface area contributed by atoms with Crippen molar-refractivity contribution < 1.29 is 19.0 Å². The van der Waals surface area contributed by atoms with Crippen LogP contribution in [0.5, 0.6) is 0 Å². The second-order valence-electron chi connectivity index (χ2n) is 4.65. The molecular weight excluding hydrogens is 288 g/mol. The van der Waals surface area contributed by atoms with E-state index in [1.807, 2.05) is 0 Å². The number of nitro benzene ring substituents is 1. The minimum absolute atomic E-state index is 0.0445. The van der Waals surface area contributed by atoms with E-state index in [0.717, 1.165) is 0 Å². The molecule has 2 aromatic rings. The van der Waals surface area contributed by atoms with Gasteiger partial charge in [0.05, 0.1) is 16.8 Å². The molecule has 0 spiro atoms. The Hall–Kier alpha value is -3.22. The van der Waals surface area contributed by atoms with E-state index in [1.54, 1.807) is 31.2 Å². The number of carbonyl (C=O) groups excluding carboxylic acids is 1. The zero-order valence-corrected chi connectivity index (χ0v) is 11.5. The predicted molar refractivity (Wildman–Crippen MR) is 77.1 cm³/mol. The molecule has 110 valence electrons. The second-order valence-corrected chi connectivity index (χ2v) is 4.65. The van der Waals surface area contributed by atoms with Crippen molar-refractivity contribution in [3.8, 4) is 0 Å². The largest absolute Gasteiger partial charge is 0.465 e. The van der Waals surface area contributed by atoms with E-state index in [-0.39, 0.29) is 17.0 Å². The lowest BCUT2D eigenvalue weighted by molar-refractivity contribution is -0.385. The van der Waals surface area contributed by atoms with E-state index in [1.165, 1.54) is 18.4 Å². The number of benzene rings is 1. The lowest BCUT2D eigenvalue weighted by Gasteiger charge is -2.02. The van der Waals surface area contributed by atoms with Crippen molar-refractivity contribution in [3.63, 3.8) is 0 Å². The molecule has 1 aromatic heterocycles. The minimum atomic E-state index is -0.630. The number of rotatable bonds is 3. The summed E-state index contributed by atoms with van der Waals surface area (Å²) < 4.78 is 5.16. The van der Waals surface area contributed by atoms with Crippen LogP contribution in [0.3, 0.4) is 0 Å². The average Bonchev–Trinajstić information content (AvgIpc) is 3.11. The zero-order valence-electron chi connectivity index (χ0n) is 11.5. The van der Waals surface area contributed by atoms with Crippen LogP contribution in [-0.4, -0.2) is 16.6 Å². The fourth-order valence-corrected chi connectivity index (χ4v) is 2.09. The first-order chi connectivity index (χ1) is 10.6. The molecule has 0 saturated carbocycles. The second kappa shape index (κ2) is 5.28. The Morgan fingerprint density at radius 1 is 1.32 bits per heavy atom. The van der Waals surface area contributed by atoms with Gasteiger partial charge in [0, 0.05) is 17.2 Å². The summed E-state index contributed by atoms with van der Waals surface area (Å²) in [6, 6.07) is 7.97. The van der Waals surface area contributed by atoms with Gasteiger partial charge >= 0.3 is 5.97 Å². The third kappa shape index (κ3) is 2.39. The molecule has 0 aliphatic carbocycles. The third-order valence-electron chi connectivity index (χ3n) is 3.20. The van der Waals surface area contributed by atoms with Gasteiger partial charge in [-0.1, -0.05) is 17.3 Å². The number of furan rings is 1. The Kier molecular flexibility index (Phi) is 3.30. The van der Waals surface area contributed by atoms with Crippen LogP contribution in [0.25, 0.3) is 6.08 Å². The number of carbonyl (C=O) groups is 1. The summed E-state index contributed by atoms with van der Waals surface area (Å²) in [6.07, 6.45) is 2.96. The van der Waals surface area contributed by atoms with Crippen molar-refractivity contribution in [2.24, 2.45) is 5.16 Å². The van der Waals surface area contributed by atoms with Gasteiger partial charge in [0.15, 0.2) is 0 Å². The van der Waals surface area contributed by atoms with Gasteiger partial charge in [-0.15, -0.1) is 0 Å². The van der Waals surface area contributed by atoms with Gasteiger partial charge in [-0.25, -0.2) is 4.79 Å². The predicted octanol–water partition coefficient (Wildman–Crippen LogP) is 2.84. The average molecular weight is 298 g/mol. The highest BCUT2D eigenvalue weighted by Crippen LogP contribution is 2.25. The van der Waals surface area contributed by atoms with Crippen LogP contribution in [0.4, 0.5) is 5.69 Å². The summed E-state index contributed by atoms with van der Waals surface area (Å²) in [5.41, 5.74) is 1.34. The minimum Gasteiger partial charge on any atom is -0.465 e. The summed E-state index contributed by atoms with van der Waals surface area (Å²) in [6.45, 7) is 1.64. The van der Waals surface area contributed by atoms with Crippen molar-refractivity contribution in [3.05, 3.63) is 69.2 Å². The fraction of sp³-hybridized carbons (Fsp3) is 0.0667. The van der Waals surface area contributed by atoms with E-state index in [2.05, 4.69) is 9.99 Å². The monoisotopic (exact) mass is 298 g/mol. The lowest BCUT2D eigenvalue weighted by atomic mass is 10.00. The Labute approximate surface area is 124 Å². The van der Waals surface area contributed by atoms with Gasteiger partial charge in [0.1, 0.15) is 11.5 Å². The number of aryl methyl sites for hydroxylation is 1. The lowest BCUT2D eigenvalue weighted by Crippen LogP contribution is -2.07. The molecule has 7 heteroatoms. The van der Waals surface area contributed by atoms with Crippen LogP contribution in [0.15, 0.2) is 51.7 Å². The Morgan fingerprint density at radius 2 is 2.14 bits per heavy atom. The first-order valence-electron chi connectivity index (χ1n) is 6.36. The number of nitrogens with zero attached hydrogens (tertiary/aromatic N) is 2. The number of hydrogen-bond donors (Lipinski definition) is 0. The zero-order chi connectivity index (χ0) is 15.7. The molecule has 0 bridgehead atoms. The third-order valence-corrected chi connectivity index (χ3v) is 3.20. The van der Waals surface area contributed by atoms with E-state index in [4.69, 9.17) is 4.42 Å². The van der Waals surface area contributed by atoms with Crippen LogP contribution in [0, 0.1) is 17.0 Å². The maximum Gasteiger partial charge on any atom is 0.368 e. The number of oxime groups is 1. The summed E-state index contributed by atoms with van der Waals surface area (Å²) >= 11 is 0. The van der Waals surface area contributed by atoms with E-state index in [0.29, 0.717) is 16.9 Å². The van der Waals surface area contributed by atoms with Gasteiger partial charge in [-0.2, -0.15) is 0 Å². The van der Waals surface area contributed by atoms with Crippen LogP contribution in [0.2, 0.25) is 0 Å². The molecular formula is C15H10N2O5. The van der Waals surface area contributed by atoms with Crippen molar-refractivity contribution in [2.45, 2.75) is 6.92 Å². The van der Waals surface area contributed by atoms with Gasteiger partial charge in [0.2, 0.25) is 0 Å². The highest BCUT2D eigenvalue weighted by atomic mass is 16.7. The van der Waals surface area contributed by atoms with Crippen LogP contribution in [-0.2, 0) is 9.63 Å². The van der Waals surface area contributed by atoms with Crippen molar-refractivity contribution >= 4 is 23.4 Å². The van der Waals surface area contributed by atoms with Gasteiger partial charge < -0.3 is 9.25 Å². The molecule has 0 unspecified atom stereocenters. The first-order valence-corrected chi connectivity index (χ1v) is 6.36. The fourth-order valence-electron chi connectivity index (χ4n) is 2.09. The summed E-state index contributed by atoms with van der Waals surface area (Å²) in [5.74, 6) is -0.169. The maximum absolute atomic E-state index is 11.8. The SMILES string of the molecule is Cc1ccc(C2=NOC(=O)/C2=C\c2ccco2)cc1[N+](=O)[O-]. The van der Waals surface area contributed by atoms with Crippen LogP contribution < -0.4 is 0 Å². The highest BCUT2D eigenvalue weighted by Gasteiger charge is 2.28. The Bertz CT molecular complexity index is 818. The van der Waals surface area contributed by atoms with E-state index < -0.39 is 10.9 Å². The summed E-state index contributed by atoms with van der Waals surface area (Å²) in [5, 5.41) is 14.7. The van der Waals surface area contributed by atoms with Crippen LogP contribution >= 0.6 is 0 Å². The molecule has 3 rings (SSSR count). The summed E-state index contributed by atoms with van der Waals surface area (Å²) in [4.78, 5) is 27.0. The molecule has 2 heterocycles. The molecule has 0 fully saturated rings.